The summed E-state index contributed by atoms with van der Waals surface area (Å²) in [7, 11) is 0. The predicted octanol–water partition coefficient (Wildman–Crippen LogP) is 2.52. The summed E-state index contributed by atoms with van der Waals surface area (Å²) in [6, 6.07) is 7.23. The quantitative estimate of drug-likeness (QED) is 0.787. The maximum Gasteiger partial charge on any atom is 0.278 e. The minimum atomic E-state index is -0.315. The van der Waals surface area contributed by atoms with Gasteiger partial charge in [0.05, 0.1) is 18.0 Å². The van der Waals surface area contributed by atoms with E-state index < -0.39 is 0 Å². The molecule has 1 amide bonds. The Morgan fingerprint density at radius 1 is 1.52 bits per heavy atom. The number of H-pyrrole nitrogens is 1. The maximum atomic E-state index is 12.2. The number of nitrogens with two attached hydrogens (primary N) is 1. The second-order valence-electron chi connectivity index (χ2n) is 5.09. The lowest BCUT2D eigenvalue weighted by Gasteiger charge is -2.07. The van der Waals surface area contributed by atoms with E-state index in [9.17, 15) is 4.79 Å². The summed E-state index contributed by atoms with van der Waals surface area (Å²) in [6.45, 7) is 2.49. The zero-order valence-electron chi connectivity index (χ0n) is 11.8. The molecule has 1 aliphatic carbocycles. The van der Waals surface area contributed by atoms with E-state index in [0.29, 0.717) is 29.6 Å². The Bertz CT molecular complexity index is 661. The molecule has 1 aromatic heterocycles. The molecule has 3 rings (SSSR count). The Labute approximate surface area is 122 Å². The Morgan fingerprint density at radius 3 is 3.05 bits per heavy atom. The second-order valence-corrected chi connectivity index (χ2v) is 5.09. The third-order valence-corrected chi connectivity index (χ3v) is 3.44. The molecule has 1 saturated carbocycles. The minimum absolute atomic E-state index is 0.249. The Kier molecular flexibility index (Phi) is 3.51. The normalized spacial score (nSPS) is 14.0. The number of rotatable bonds is 5. The van der Waals surface area contributed by atoms with Crippen molar-refractivity contribution in [2.45, 2.75) is 25.7 Å². The van der Waals surface area contributed by atoms with Crippen molar-refractivity contribution in [3.8, 4) is 5.75 Å². The van der Waals surface area contributed by atoms with Crippen LogP contribution in [0.2, 0.25) is 0 Å². The van der Waals surface area contributed by atoms with Gasteiger partial charge in [0, 0.05) is 17.7 Å². The van der Waals surface area contributed by atoms with Crippen molar-refractivity contribution < 1.29 is 9.53 Å². The lowest BCUT2D eigenvalue weighted by Crippen LogP contribution is -2.14. The van der Waals surface area contributed by atoms with E-state index in [1.165, 1.54) is 0 Å². The number of aromatic nitrogens is 2. The van der Waals surface area contributed by atoms with Crippen molar-refractivity contribution in [1.29, 1.82) is 0 Å². The van der Waals surface area contributed by atoms with Gasteiger partial charge in [-0.25, -0.2) is 0 Å². The molecule has 4 N–H and O–H groups in total. The number of amides is 1. The van der Waals surface area contributed by atoms with Crippen LogP contribution in [0.4, 0.5) is 11.4 Å². The van der Waals surface area contributed by atoms with Gasteiger partial charge in [0.25, 0.3) is 5.91 Å². The van der Waals surface area contributed by atoms with Crippen molar-refractivity contribution in [3.05, 3.63) is 35.7 Å². The molecule has 0 bridgehead atoms. The van der Waals surface area contributed by atoms with Gasteiger partial charge in [-0.1, -0.05) is 6.07 Å². The van der Waals surface area contributed by atoms with Gasteiger partial charge >= 0.3 is 0 Å². The number of benzene rings is 1. The molecule has 0 saturated heterocycles. The molecular weight excluding hydrogens is 268 g/mol. The molecule has 0 aliphatic heterocycles. The van der Waals surface area contributed by atoms with Gasteiger partial charge in [-0.3, -0.25) is 9.89 Å². The number of carbonyl (C=O) groups is 1. The maximum absolute atomic E-state index is 12.2. The molecule has 1 fully saturated rings. The number of hydrogen-bond acceptors (Lipinski definition) is 4. The molecule has 2 aromatic rings. The van der Waals surface area contributed by atoms with E-state index in [1.807, 2.05) is 19.1 Å². The lowest BCUT2D eigenvalue weighted by atomic mass is 10.2. The molecule has 1 aromatic carbocycles. The fourth-order valence-corrected chi connectivity index (χ4v) is 2.24. The number of nitrogen functional groups attached to an aromatic ring is 1. The summed E-state index contributed by atoms with van der Waals surface area (Å²) in [5, 5.41) is 9.70. The van der Waals surface area contributed by atoms with Crippen LogP contribution in [0.25, 0.3) is 0 Å². The molecule has 0 radical (unpaired) electrons. The first-order valence-electron chi connectivity index (χ1n) is 7.07. The summed E-state index contributed by atoms with van der Waals surface area (Å²) in [5.41, 5.74) is 8.23. The first kappa shape index (κ1) is 13.5. The lowest BCUT2D eigenvalue weighted by molar-refractivity contribution is 0.102. The molecule has 110 valence electrons. The largest absolute Gasteiger partial charge is 0.494 e. The standard InChI is InChI=1S/C15H18N4O2/c1-2-21-11-5-3-4-10(8-11)17-15(20)14-12(16)13(18-19-14)9-6-7-9/h3-5,8-9H,2,6-7,16H2,1H3,(H,17,20)(H,18,19). The van der Waals surface area contributed by atoms with E-state index in [-0.39, 0.29) is 11.6 Å². The van der Waals surface area contributed by atoms with Crippen molar-refractivity contribution >= 4 is 17.3 Å². The predicted molar refractivity (Wildman–Crippen MR) is 80.5 cm³/mol. The fourth-order valence-electron chi connectivity index (χ4n) is 2.24. The summed E-state index contributed by atoms with van der Waals surface area (Å²) in [6.07, 6.45) is 2.20. The number of nitrogens with one attached hydrogen (secondary N) is 2. The minimum Gasteiger partial charge on any atom is -0.494 e. The van der Waals surface area contributed by atoms with Crippen molar-refractivity contribution in [3.63, 3.8) is 0 Å². The third kappa shape index (κ3) is 2.84. The highest BCUT2D eigenvalue weighted by molar-refractivity contribution is 6.06. The van der Waals surface area contributed by atoms with Gasteiger partial charge in [0.15, 0.2) is 5.69 Å². The molecular formula is C15H18N4O2. The first-order chi connectivity index (χ1) is 10.2. The molecule has 0 atom stereocenters. The van der Waals surface area contributed by atoms with Crippen LogP contribution in [-0.4, -0.2) is 22.7 Å². The van der Waals surface area contributed by atoms with E-state index in [0.717, 1.165) is 18.5 Å². The van der Waals surface area contributed by atoms with E-state index in [1.54, 1.807) is 12.1 Å². The smallest absolute Gasteiger partial charge is 0.278 e. The van der Waals surface area contributed by atoms with Gasteiger partial charge in [-0.05, 0) is 31.9 Å². The molecule has 0 spiro atoms. The van der Waals surface area contributed by atoms with Crippen molar-refractivity contribution in [2.75, 3.05) is 17.7 Å². The van der Waals surface area contributed by atoms with Crippen LogP contribution in [0.5, 0.6) is 5.75 Å². The zero-order chi connectivity index (χ0) is 14.8. The van der Waals surface area contributed by atoms with Gasteiger partial charge < -0.3 is 15.8 Å². The summed E-state index contributed by atoms with van der Waals surface area (Å²) >= 11 is 0. The van der Waals surface area contributed by atoms with E-state index in [4.69, 9.17) is 10.5 Å². The summed E-state index contributed by atoms with van der Waals surface area (Å²) in [5.74, 6) is 0.827. The van der Waals surface area contributed by atoms with Gasteiger partial charge in [-0.2, -0.15) is 5.10 Å². The van der Waals surface area contributed by atoms with Crippen LogP contribution in [-0.2, 0) is 0 Å². The van der Waals surface area contributed by atoms with Crippen LogP contribution in [0.15, 0.2) is 24.3 Å². The SMILES string of the molecule is CCOc1cccc(NC(=O)c2n[nH]c(C3CC3)c2N)c1. The molecule has 21 heavy (non-hydrogen) atoms. The molecule has 6 nitrogen and oxygen atoms in total. The van der Waals surface area contributed by atoms with Crippen molar-refractivity contribution in [2.24, 2.45) is 0 Å². The van der Waals surface area contributed by atoms with E-state index >= 15 is 0 Å². The molecule has 0 unspecified atom stereocenters. The fraction of sp³-hybridized carbons (Fsp3) is 0.333. The topological polar surface area (TPSA) is 93.0 Å². The summed E-state index contributed by atoms with van der Waals surface area (Å²) in [4.78, 5) is 12.2. The van der Waals surface area contributed by atoms with Gasteiger partial charge in [0.2, 0.25) is 0 Å². The highest BCUT2D eigenvalue weighted by Crippen LogP contribution is 2.42. The van der Waals surface area contributed by atoms with Crippen LogP contribution >= 0.6 is 0 Å². The van der Waals surface area contributed by atoms with E-state index in [2.05, 4.69) is 15.5 Å². The molecule has 1 aliphatic rings. The third-order valence-electron chi connectivity index (χ3n) is 3.44. The highest BCUT2D eigenvalue weighted by Gasteiger charge is 2.30. The number of anilines is 2. The first-order valence-corrected chi connectivity index (χ1v) is 7.07. The average molecular weight is 286 g/mol. The number of ether oxygens (including phenoxy) is 1. The number of nitrogens with zero attached hydrogens (tertiary/aromatic N) is 1. The Morgan fingerprint density at radius 2 is 2.33 bits per heavy atom. The monoisotopic (exact) mass is 286 g/mol. The Balaban J connectivity index is 1.75. The van der Waals surface area contributed by atoms with Crippen LogP contribution < -0.4 is 15.8 Å². The molecule has 1 heterocycles. The second kappa shape index (κ2) is 5.47. The zero-order valence-corrected chi connectivity index (χ0v) is 11.8. The number of aromatic amines is 1. The summed E-state index contributed by atoms with van der Waals surface area (Å²) < 4.78 is 5.40. The highest BCUT2D eigenvalue weighted by atomic mass is 16.5. The van der Waals surface area contributed by atoms with Crippen LogP contribution in [0.3, 0.4) is 0 Å². The molecule has 6 heteroatoms. The van der Waals surface area contributed by atoms with Crippen LogP contribution in [0, 0.1) is 0 Å². The number of carbonyl (C=O) groups excluding carboxylic acids is 1. The van der Waals surface area contributed by atoms with Gasteiger partial charge in [-0.15, -0.1) is 0 Å². The average Bonchev–Trinajstić information content (AvgIpc) is 3.22. The van der Waals surface area contributed by atoms with Crippen LogP contribution in [0.1, 0.15) is 41.9 Å². The van der Waals surface area contributed by atoms with Crippen molar-refractivity contribution in [1.82, 2.24) is 10.2 Å². The number of hydrogen-bond donors (Lipinski definition) is 3. The Hall–Kier alpha value is -2.50. The van der Waals surface area contributed by atoms with Gasteiger partial charge in [0.1, 0.15) is 5.75 Å².